The first kappa shape index (κ1) is 11.0. The summed E-state index contributed by atoms with van der Waals surface area (Å²) in [6.07, 6.45) is 0. The molecule has 1 aromatic heterocycles. The fraction of sp³-hybridized carbons (Fsp3) is 0.200. The van der Waals surface area contributed by atoms with Gasteiger partial charge >= 0.3 is 0 Å². The van der Waals surface area contributed by atoms with Crippen LogP contribution in [0.5, 0.6) is 0 Å². The van der Waals surface area contributed by atoms with Gasteiger partial charge in [-0.25, -0.2) is 4.98 Å². The molecular weight excluding hydrogens is 222 g/mol. The summed E-state index contributed by atoms with van der Waals surface area (Å²) in [7, 11) is 0. The molecule has 3 rings (SSSR count). The number of hydrogen-bond donors (Lipinski definition) is 1. The van der Waals surface area contributed by atoms with Crippen LogP contribution in [0.2, 0.25) is 0 Å². The topological polar surface area (TPSA) is 51.3 Å². The maximum Gasteiger partial charge on any atom is 0.146 e. The second-order valence-corrected chi connectivity index (χ2v) is 4.78. The zero-order valence-corrected chi connectivity index (χ0v) is 10.5. The van der Waals surface area contributed by atoms with Gasteiger partial charge in [-0.05, 0) is 25.5 Å². The van der Waals surface area contributed by atoms with E-state index in [0.29, 0.717) is 5.84 Å². The minimum atomic E-state index is -0.415. The van der Waals surface area contributed by atoms with Crippen LogP contribution in [-0.2, 0) is 5.54 Å². The number of amidine groups is 1. The number of benzene rings is 1. The van der Waals surface area contributed by atoms with E-state index in [-0.39, 0.29) is 0 Å². The molecule has 0 fully saturated rings. The van der Waals surface area contributed by atoms with Gasteiger partial charge in [-0.1, -0.05) is 36.4 Å². The lowest BCUT2D eigenvalue weighted by atomic mass is 9.86. The molecule has 0 amide bonds. The molecule has 2 aromatic rings. The molecule has 0 bridgehead atoms. The molecule has 2 heterocycles. The van der Waals surface area contributed by atoms with Gasteiger partial charge in [0, 0.05) is 11.3 Å². The number of fused-ring (bicyclic) bond motifs is 1. The van der Waals surface area contributed by atoms with Crippen LogP contribution in [0, 0.1) is 6.92 Å². The Kier molecular flexibility index (Phi) is 2.23. The maximum atomic E-state index is 6.02. The van der Waals surface area contributed by atoms with Crippen LogP contribution >= 0.6 is 0 Å². The van der Waals surface area contributed by atoms with Gasteiger partial charge in [-0.15, -0.1) is 0 Å². The van der Waals surface area contributed by atoms with Crippen LogP contribution in [0.25, 0.3) is 0 Å². The first-order valence-electron chi connectivity index (χ1n) is 6.00. The van der Waals surface area contributed by atoms with Gasteiger partial charge in [-0.3, -0.25) is 4.99 Å². The van der Waals surface area contributed by atoms with Gasteiger partial charge in [0.2, 0.25) is 0 Å². The number of aromatic nitrogens is 1. The number of hydrogen-bond acceptors (Lipinski definition) is 3. The predicted molar refractivity (Wildman–Crippen MR) is 72.6 cm³/mol. The van der Waals surface area contributed by atoms with Crippen LogP contribution in [0.15, 0.2) is 47.5 Å². The SMILES string of the molecule is Cc1ccc2c(n1)C(N)=NC2(C)c1ccccc1. The first-order chi connectivity index (χ1) is 8.61. The fourth-order valence-electron chi connectivity index (χ4n) is 2.48. The van der Waals surface area contributed by atoms with E-state index in [0.717, 1.165) is 22.5 Å². The Bertz CT molecular complexity index is 631. The average Bonchev–Trinajstić information content (AvgIpc) is 2.63. The molecule has 1 aromatic carbocycles. The van der Waals surface area contributed by atoms with Gasteiger partial charge in [0.1, 0.15) is 17.1 Å². The average molecular weight is 237 g/mol. The van der Waals surface area contributed by atoms with E-state index in [1.165, 1.54) is 0 Å². The normalized spacial score (nSPS) is 21.6. The van der Waals surface area contributed by atoms with Crippen molar-refractivity contribution in [1.82, 2.24) is 4.98 Å². The molecule has 0 aliphatic carbocycles. The zero-order valence-electron chi connectivity index (χ0n) is 10.5. The molecule has 3 heteroatoms. The van der Waals surface area contributed by atoms with Crippen molar-refractivity contribution >= 4 is 5.84 Å². The third-order valence-electron chi connectivity index (χ3n) is 3.48. The molecule has 1 aliphatic rings. The third-order valence-corrected chi connectivity index (χ3v) is 3.48. The Morgan fingerprint density at radius 2 is 1.78 bits per heavy atom. The van der Waals surface area contributed by atoms with Crippen LogP contribution < -0.4 is 5.73 Å². The molecule has 18 heavy (non-hydrogen) atoms. The van der Waals surface area contributed by atoms with E-state index < -0.39 is 5.54 Å². The molecule has 1 unspecified atom stereocenters. The maximum absolute atomic E-state index is 6.02. The number of nitrogens with zero attached hydrogens (tertiary/aromatic N) is 2. The number of aryl methyl sites for hydroxylation is 1. The van der Waals surface area contributed by atoms with Gasteiger partial charge in [0.15, 0.2) is 0 Å². The van der Waals surface area contributed by atoms with Crippen molar-refractivity contribution in [2.75, 3.05) is 0 Å². The van der Waals surface area contributed by atoms with E-state index in [1.807, 2.05) is 31.2 Å². The molecule has 1 aliphatic heterocycles. The van der Waals surface area contributed by atoms with Gasteiger partial charge in [-0.2, -0.15) is 0 Å². The highest BCUT2D eigenvalue weighted by Crippen LogP contribution is 2.39. The van der Waals surface area contributed by atoms with Crippen molar-refractivity contribution in [2.24, 2.45) is 10.7 Å². The number of rotatable bonds is 1. The lowest BCUT2D eigenvalue weighted by Crippen LogP contribution is -2.18. The van der Waals surface area contributed by atoms with E-state index >= 15 is 0 Å². The minimum absolute atomic E-state index is 0.415. The van der Waals surface area contributed by atoms with Crippen molar-refractivity contribution in [3.05, 3.63) is 65.0 Å². The quantitative estimate of drug-likeness (QED) is 0.827. The summed E-state index contributed by atoms with van der Waals surface area (Å²) in [6, 6.07) is 14.3. The van der Waals surface area contributed by atoms with Crippen LogP contribution in [0.4, 0.5) is 0 Å². The number of pyridine rings is 1. The second kappa shape index (κ2) is 3.67. The monoisotopic (exact) mass is 237 g/mol. The highest BCUT2D eigenvalue weighted by molar-refractivity contribution is 6.00. The zero-order chi connectivity index (χ0) is 12.8. The van der Waals surface area contributed by atoms with Gasteiger partial charge in [0.05, 0.1) is 0 Å². The highest BCUT2D eigenvalue weighted by Gasteiger charge is 2.37. The molecule has 90 valence electrons. The highest BCUT2D eigenvalue weighted by atomic mass is 15.0. The summed E-state index contributed by atoms with van der Waals surface area (Å²) in [5, 5.41) is 0. The molecule has 0 saturated heterocycles. The number of aliphatic imine (C=N–C) groups is 1. The standard InChI is InChI=1S/C15H15N3/c1-10-8-9-12-13(17-10)14(16)18-15(12,2)11-6-4-3-5-7-11/h3-9H,1-2H3,(H2,16,18). The van der Waals surface area contributed by atoms with E-state index in [4.69, 9.17) is 5.73 Å². The third kappa shape index (κ3) is 1.44. The van der Waals surface area contributed by atoms with Crippen LogP contribution in [0.3, 0.4) is 0 Å². The predicted octanol–water partition coefficient (Wildman–Crippen LogP) is 2.37. The second-order valence-electron chi connectivity index (χ2n) is 4.78. The summed E-state index contributed by atoms with van der Waals surface area (Å²) < 4.78 is 0. The first-order valence-corrected chi connectivity index (χ1v) is 6.00. The Hall–Kier alpha value is -2.16. The smallest absolute Gasteiger partial charge is 0.146 e. The van der Waals surface area contributed by atoms with Crippen molar-refractivity contribution in [3.8, 4) is 0 Å². The van der Waals surface area contributed by atoms with E-state index in [2.05, 4.69) is 35.1 Å². The van der Waals surface area contributed by atoms with Crippen LogP contribution in [0.1, 0.15) is 29.4 Å². The summed E-state index contributed by atoms with van der Waals surface area (Å²) in [5.41, 5.74) is 9.60. The molecule has 1 atom stereocenters. The van der Waals surface area contributed by atoms with Gasteiger partial charge in [0.25, 0.3) is 0 Å². The summed E-state index contributed by atoms with van der Waals surface area (Å²) in [6.45, 7) is 4.05. The van der Waals surface area contributed by atoms with Crippen molar-refractivity contribution in [2.45, 2.75) is 19.4 Å². The van der Waals surface area contributed by atoms with E-state index in [9.17, 15) is 0 Å². The Balaban J connectivity index is 2.23. The molecule has 0 saturated carbocycles. The lowest BCUT2D eigenvalue weighted by molar-refractivity contribution is 0.619. The minimum Gasteiger partial charge on any atom is -0.382 e. The Morgan fingerprint density at radius 3 is 2.50 bits per heavy atom. The van der Waals surface area contributed by atoms with Crippen molar-refractivity contribution in [1.29, 1.82) is 0 Å². The van der Waals surface area contributed by atoms with Gasteiger partial charge < -0.3 is 5.73 Å². The van der Waals surface area contributed by atoms with Crippen molar-refractivity contribution < 1.29 is 0 Å². The molecule has 0 spiro atoms. The number of nitrogens with two attached hydrogens (primary N) is 1. The molecule has 2 N–H and O–H groups in total. The summed E-state index contributed by atoms with van der Waals surface area (Å²) >= 11 is 0. The molecular formula is C15H15N3. The van der Waals surface area contributed by atoms with Crippen LogP contribution in [-0.4, -0.2) is 10.8 Å². The largest absolute Gasteiger partial charge is 0.382 e. The van der Waals surface area contributed by atoms with E-state index in [1.54, 1.807) is 0 Å². The summed E-state index contributed by atoms with van der Waals surface area (Å²) in [5.74, 6) is 0.528. The fourth-order valence-corrected chi connectivity index (χ4v) is 2.48. The van der Waals surface area contributed by atoms with Crippen molar-refractivity contribution in [3.63, 3.8) is 0 Å². The molecule has 3 nitrogen and oxygen atoms in total. The summed E-state index contributed by atoms with van der Waals surface area (Å²) in [4.78, 5) is 9.13. The Labute approximate surface area is 106 Å². The molecule has 0 radical (unpaired) electrons. The Morgan fingerprint density at radius 1 is 1.06 bits per heavy atom. The lowest BCUT2D eigenvalue weighted by Gasteiger charge is -2.22.